The molecule has 0 aliphatic carbocycles. The van der Waals surface area contributed by atoms with Gasteiger partial charge in [-0.25, -0.2) is 4.79 Å². The van der Waals surface area contributed by atoms with Gasteiger partial charge in [0, 0.05) is 31.7 Å². The van der Waals surface area contributed by atoms with Gasteiger partial charge in [-0.05, 0) is 67.5 Å². The number of amides is 1. The van der Waals surface area contributed by atoms with E-state index in [9.17, 15) is 4.79 Å². The Kier molecular flexibility index (Phi) is 7.13. The van der Waals surface area contributed by atoms with E-state index in [4.69, 9.17) is 4.74 Å². The van der Waals surface area contributed by atoms with Crippen LogP contribution >= 0.6 is 0 Å². The summed E-state index contributed by atoms with van der Waals surface area (Å²) in [5.41, 5.74) is -0.692. The van der Waals surface area contributed by atoms with E-state index in [-0.39, 0.29) is 11.6 Å². The minimum absolute atomic E-state index is 0.235. The van der Waals surface area contributed by atoms with Gasteiger partial charge in [0.25, 0.3) is 0 Å². The molecule has 1 rings (SSSR count). The van der Waals surface area contributed by atoms with Crippen molar-refractivity contribution in [3.63, 3.8) is 0 Å². The van der Waals surface area contributed by atoms with E-state index in [1.807, 2.05) is 41.5 Å². The van der Waals surface area contributed by atoms with E-state index in [0.717, 1.165) is 19.6 Å². The predicted octanol–water partition coefficient (Wildman–Crippen LogP) is 2.71. The third-order valence-corrected chi connectivity index (χ3v) is 3.74. The molecule has 0 bridgehead atoms. The fraction of sp³-hybridized carbons (Fsp3) is 0.941. The maximum atomic E-state index is 12.3. The molecule has 5 heteroatoms. The van der Waals surface area contributed by atoms with Gasteiger partial charge in [-0.3, -0.25) is 0 Å². The molecular formula is C17H35N3O2. The second kappa shape index (κ2) is 8.16. The molecule has 0 unspecified atom stereocenters. The van der Waals surface area contributed by atoms with Crippen LogP contribution in [0, 0.1) is 0 Å². The highest BCUT2D eigenvalue weighted by molar-refractivity contribution is 5.69. The van der Waals surface area contributed by atoms with Crippen LogP contribution in [0.1, 0.15) is 54.4 Å². The number of hydrogen-bond acceptors (Lipinski definition) is 4. The van der Waals surface area contributed by atoms with Crippen LogP contribution in [0.5, 0.6) is 0 Å². The number of hydrogen-bond donors (Lipinski definition) is 1. The van der Waals surface area contributed by atoms with Crippen molar-refractivity contribution in [1.82, 2.24) is 15.1 Å². The van der Waals surface area contributed by atoms with Crippen LogP contribution < -0.4 is 5.32 Å². The number of carbonyl (C=O) groups excluding carboxylic acids is 1. The zero-order chi connectivity index (χ0) is 16.8. The molecule has 0 saturated carbocycles. The van der Waals surface area contributed by atoms with Crippen molar-refractivity contribution in [1.29, 1.82) is 0 Å². The maximum absolute atomic E-state index is 12.3. The summed E-state index contributed by atoms with van der Waals surface area (Å²) in [5, 5.41) is 3.44. The van der Waals surface area contributed by atoms with Crippen LogP contribution in [0.3, 0.4) is 0 Å². The minimum Gasteiger partial charge on any atom is -0.444 e. The lowest BCUT2D eigenvalue weighted by Crippen LogP contribution is -2.50. The molecule has 0 atom stereocenters. The van der Waals surface area contributed by atoms with Crippen LogP contribution in [-0.2, 0) is 4.74 Å². The van der Waals surface area contributed by atoms with Crippen molar-refractivity contribution in [2.24, 2.45) is 0 Å². The number of rotatable bonds is 6. The predicted molar refractivity (Wildman–Crippen MR) is 91.2 cm³/mol. The molecular weight excluding hydrogens is 278 g/mol. The Labute approximate surface area is 136 Å². The van der Waals surface area contributed by atoms with Crippen molar-refractivity contribution in [3.05, 3.63) is 0 Å². The number of likely N-dealkylation sites (tertiary alicyclic amines) is 1. The smallest absolute Gasteiger partial charge is 0.410 e. The Balaban J connectivity index is 2.33. The molecule has 0 radical (unpaired) electrons. The first-order valence-electron chi connectivity index (χ1n) is 8.53. The molecule has 0 spiro atoms. The van der Waals surface area contributed by atoms with Crippen molar-refractivity contribution >= 4 is 6.09 Å². The summed E-state index contributed by atoms with van der Waals surface area (Å²) < 4.78 is 5.52. The number of nitrogens with one attached hydrogen (secondary N) is 1. The molecule has 5 nitrogen and oxygen atoms in total. The van der Waals surface area contributed by atoms with Crippen molar-refractivity contribution in [2.45, 2.75) is 65.5 Å². The zero-order valence-corrected chi connectivity index (χ0v) is 15.4. The normalized spacial score (nSPS) is 16.8. The standard InChI is InChI=1S/C17H35N3O2/c1-16(2,3)20(15(21)22-17(4,5)6)14-10-18-9-13-19-11-7-8-12-19/h18H,7-14H2,1-6H3. The van der Waals surface area contributed by atoms with Gasteiger partial charge in [-0.1, -0.05) is 0 Å². The molecule has 130 valence electrons. The molecule has 0 aromatic heterocycles. The first-order valence-corrected chi connectivity index (χ1v) is 8.53. The molecule has 1 heterocycles. The molecule has 1 saturated heterocycles. The van der Waals surface area contributed by atoms with Crippen molar-refractivity contribution in [2.75, 3.05) is 39.3 Å². The summed E-state index contributed by atoms with van der Waals surface area (Å²) in [6.07, 6.45) is 2.42. The topological polar surface area (TPSA) is 44.8 Å². The molecule has 0 aromatic rings. The lowest BCUT2D eigenvalue weighted by molar-refractivity contribution is 0.00664. The molecule has 1 N–H and O–H groups in total. The third kappa shape index (κ3) is 7.45. The average molecular weight is 313 g/mol. The second-order valence-corrected chi connectivity index (χ2v) is 8.10. The lowest BCUT2D eigenvalue weighted by Gasteiger charge is -2.37. The molecule has 1 aliphatic rings. The van der Waals surface area contributed by atoms with Gasteiger partial charge in [0.2, 0.25) is 0 Å². The quantitative estimate of drug-likeness (QED) is 0.766. The first-order chi connectivity index (χ1) is 10.1. The molecule has 22 heavy (non-hydrogen) atoms. The fourth-order valence-corrected chi connectivity index (χ4v) is 2.58. The van der Waals surface area contributed by atoms with E-state index in [1.165, 1.54) is 25.9 Å². The van der Waals surface area contributed by atoms with E-state index in [0.29, 0.717) is 6.54 Å². The summed E-state index contributed by atoms with van der Waals surface area (Å²) in [6.45, 7) is 17.8. The zero-order valence-electron chi connectivity index (χ0n) is 15.4. The average Bonchev–Trinajstić information content (AvgIpc) is 2.82. The Morgan fingerprint density at radius 2 is 1.68 bits per heavy atom. The summed E-state index contributed by atoms with van der Waals surface area (Å²) in [4.78, 5) is 16.6. The Morgan fingerprint density at radius 3 is 2.18 bits per heavy atom. The maximum Gasteiger partial charge on any atom is 0.410 e. The first kappa shape index (κ1) is 19.2. The highest BCUT2D eigenvalue weighted by Crippen LogP contribution is 2.17. The molecule has 0 aromatic carbocycles. The van der Waals surface area contributed by atoms with E-state index in [1.54, 1.807) is 4.90 Å². The van der Waals surface area contributed by atoms with Gasteiger partial charge < -0.3 is 19.9 Å². The highest BCUT2D eigenvalue weighted by atomic mass is 16.6. The fourth-order valence-electron chi connectivity index (χ4n) is 2.58. The lowest BCUT2D eigenvalue weighted by atomic mass is 10.1. The van der Waals surface area contributed by atoms with E-state index < -0.39 is 5.60 Å². The van der Waals surface area contributed by atoms with Gasteiger partial charge in [-0.15, -0.1) is 0 Å². The molecule has 1 amide bonds. The van der Waals surface area contributed by atoms with Crippen LogP contribution in [0.2, 0.25) is 0 Å². The van der Waals surface area contributed by atoms with Gasteiger partial charge in [0.15, 0.2) is 0 Å². The minimum atomic E-state index is -0.455. The van der Waals surface area contributed by atoms with Crippen molar-refractivity contribution in [3.8, 4) is 0 Å². The van der Waals surface area contributed by atoms with Gasteiger partial charge in [0.05, 0.1) is 0 Å². The highest BCUT2D eigenvalue weighted by Gasteiger charge is 2.30. The monoisotopic (exact) mass is 313 g/mol. The van der Waals surface area contributed by atoms with Crippen molar-refractivity contribution < 1.29 is 9.53 Å². The van der Waals surface area contributed by atoms with Crippen LogP contribution in [0.15, 0.2) is 0 Å². The summed E-state index contributed by atoms with van der Waals surface area (Å²) in [5.74, 6) is 0. The van der Waals surface area contributed by atoms with Crippen LogP contribution in [-0.4, -0.2) is 66.3 Å². The second-order valence-electron chi connectivity index (χ2n) is 8.10. The Bertz CT molecular complexity index is 339. The largest absolute Gasteiger partial charge is 0.444 e. The summed E-state index contributed by atoms with van der Waals surface area (Å²) in [6, 6.07) is 0. The number of ether oxygens (including phenoxy) is 1. The van der Waals surface area contributed by atoms with E-state index >= 15 is 0 Å². The summed E-state index contributed by atoms with van der Waals surface area (Å²) >= 11 is 0. The van der Waals surface area contributed by atoms with E-state index in [2.05, 4.69) is 10.2 Å². The van der Waals surface area contributed by atoms with Crippen LogP contribution in [0.25, 0.3) is 0 Å². The van der Waals surface area contributed by atoms with Gasteiger partial charge in [-0.2, -0.15) is 0 Å². The molecule has 1 aliphatic heterocycles. The van der Waals surface area contributed by atoms with Gasteiger partial charge in [0.1, 0.15) is 5.60 Å². The molecule has 1 fully saturated rings. The third-order valence-electron chi connectivity index (χ3n) is 3.74. The Morgan fingerprint density at radius 1 is 1.09 bits per heavy atom. The van der Waals surface area contributed by atoms with Crippen LogP contribution in [0.4, 0.5) is 4.79 Å². The SMILES string of the molecule is CC(C)(C)OC(=O)N(CCNCCN1CCCC1)C(C)(C)C. The Hall–Kier alpha value is -0.810. The summed E-state index contributed by atoms with van der Waals surface area (Å²) in [7, 11) is 0. The number of carbonyl (C=O) groups is 1. The van der Waals surface area contributed by atoms with Gasteiger partial charge >= 0.3 is 6.09 Å². The number of nitrogens with zero attached hydrogens (tertiary/aromatic N) is 2.